The van der Waals surface area contributed by atoms with Gasteiger partial charge in [-0.05, 0) is 35.4 Å². The molecule has 0 atom stereocenters. The minimum absolute atomic E-state index is 0.149. The summed E-state index contributed by atoms with van der Waals surface area (Å²) in [6, 6.07) is 12.8. The number of amides is 1. The SMILES string of the molecule is O=C(Cc1ccc(F)cc1)Nc1ccn(Cc2ccc(Cl)cc2Cl)n1. The molecule has 25 heavy (non-hydrogen) atoms. The number of nitrogens with zero attached hydrogens (tertiary/aromatic N) is 2. The molecule has 7 heteroatoms. The Morgan fingerprint density at radius 3 is 2.60 bits per heavy atom. The van der Waals surface area contributed by atoms with Gasteiger partial charge in [0.05, 0.1) is 13.0 Å². The lowest BCUT2D eigenvalue weighted by molar-refractivity contribution is -0.115. The molecule has 0 fully saturated rings. The first kappa shape index (κ1) is 17.5. The number of hydrogen-bond donors (Lipinski definition) is 1. The normalized spacial score (nSPS) is 10.7. The average molecular weight is 378 g/mol. The second-order valence-corrected chi connectivity index (χ2v) is 6.33. The van der Waals surface area contributed by atoms with E-state index in [9.17, 15) is 9.18 Å². The van der Waals surface area contributed by atoms with Gasteiger partial charge in [-0.15, -0.1) is 0 Å². The standard InChI is InChI=1S/C18H14Cl2FN3O/c19-14-4-3-13(16(20)10-14)11-24-8-7-17(23-24)22-18(25)9-12-1-5-15(21)6-2-12/h1-8,10H,9,11H2,(H,22,23,25). The van der Waals surface area contributed by atoms with E-state index in [2.05, 4.69) is 10.4 Å². The van der Waals surface area contributed by atoms with Gasteiger partial charge in [0.1, 0.15) is 5.82 Å². The summed E-state index contributed by atoms with van der Waals surface area (Å²) in [5.41, 5.74) is 1.60. The van der Waals surface area contributed by atoms with Crippen molar-refractivity contribution in [2.75, 3.05) is 5.32 Å². The molecule has 128 valence electrons. The van der Waals surface area contributed by atoms with Crippen molar-refractivity contribution >= 4 is 34.9 Å². The first-order valence-corrected chi connectivity index (χ1v) is 8.27. The van der Waals surface area contributed by atoms with Gasteiger partial charge in [0, 0.05) is 22.3 Å². The van der Waals surface area contributed by atoms with Gasteiger partial charge in [-0.1, -0.05) is 41.4 Å². The Morgan fingerprint density at radius 2 is 1.88 bits per heavy atom. The molecule has 1 aromatic heterocycles. The quantitative estimate of drug-likeness (QED) is 0.708. The summed E-state index contributed by atoms with van der Waals surface area (Å²) in [4.78, 5) is 12.0. The van der Waals surface area contributed by atoms with Crippen molar-refractivity contribution in [3.05, 3.63) is 81.7 Å². The minimum atomic E-state index is -0.330. The highest BCUT2D eigenvalue weighted by Gasteiger charge is 2.08. The van der Waals surface area contributed by atoms with E-state index in [1.165, 1.54) is 12.1 Å². The minimum Gasteiger partial charge on any atom is -0.309 e. The number of anilines is 1. The Morgan fingerprint density at radius 1 is 1.12 bits per heavy atom. The number of hydrogen-bond acceptors (Lipinski definition) is 2. The molecule has 0 spiro atoms. The highest BCUT2D eigenvalue weighted by Crippen LogP contribution is 2.21. The molecule has 0 radical (unpaired) electrons. The van der Waals surface area contributed by atoms with Crippen LogP contribution in [0.2, 0.25) is 10.0 Å². The first-order valence-electron chi connectivity index (χ1n) is 7.51. The van der Waals surface area contributed by atoms with Crippen LogP contribution in [0, 0.1) is 5.82 Å². The second kappa shape index (κ2) is 7.68. The van der Waals surface area contributed by atoms with Crippen LogP contribution < -0.4 is 5.32 Å². The Balaban J connectivity index is 1.61. The number of carbonyl (C=O) groups excluding carboxylic acids is 1. The molecule has 3 rings (SSSR count). The Hall–Kier alpha value is -2.37. The monoisotopic (exact) mass is 377 g/mol. The second-order valence-electron chi connectivity index (χ2n) is 5.49. The molecule has 0 aliphatic heterocycles. The maximum absolute atomic E-state index is 12.9. The largest absolute Gasteiger partial charge is 0.309 e. The van der Waals surface area contributed by atoms with Crippen molar-refractivity contribution in [1.29, 1.82) is 0 Å². The van der Waals surface area contributed by atoms with E-state index >= 15 is 0 Å². The van der Waals surface area contributed by atoms with Gasteiger partial charge in [0.15, 0.2) is 5.82 Å². The summed E-state index contributed by atoms with van der Waals surface area (Å²) in [5, 5.41) is 8.15. The predicted molar refractivity (Wildman–Crippen MR) is 96.5 cm³/mol. The number of halogens is 3. The Kier molecular flexibility index (Phi) is 5.36. The van der Waals surface area contributed by atoms with Crippen LogP contribution in [0.15, 0.2) is 54.7 Å². The van der Waals surface area contributed by atoms with E-state index in [1.54, 1.807) is 41.2 Å². The number of rotatable bonds is 5. The van der Waals surface area contributed by atoms with E-state index in [0.717, 1.165) is 11.1 Å². The number of aromatic nitrogens is 2. The first-order chi connectivity index (χ1) is 12.0. The van der Waals surface area contributed by atoms with Gasteiger partial charge in [0.25, 0.3) is 0 Å². The summed E-state index contributed by atoms with van der Waals surface area (Å²) in [6.45, 7) is 0.462. The maximum Gasteiger partial charge on any atom is 0.229 e. The smallest absolute Gasteiger partial charge is 0.229 e. The molecular formula is C18H14Cl2FN3O. The lowest BCUT2D eigenvalue weighted by Gasteiger charge is -2.05. The van der Waals surface area contributed by atoms with Gasteiger partial charge in [-0.25, -0.2) is 4.39 Å². The molecule has 0 aliphatic carbocycles. The molecule has 2 aromatic carbocycles. The topological polar surface area (TPSA) is 46.9 Å². The van der Waals surface area contributed by atoms with E-state index in [-0.39, 0.29) is 18.1 Å². The lowest BCUT2D eigenvalue weighted by Crippen LogP contribution is -2.15. The summed E-state index contributed by atoms with van der Waals surface area (Å²) in [6.07, 6.45) is 1.90. The Bertz CT molecular complexity index is 894. The molecule has 0 bridgehead atoms. The van der Waals surface area contributed by atoms with Crippen LogP contribution in [-0.2, 0) is 17.8 Å². The summed E-state index contributed by atoms with van der Waals surface area (Å²) >= 11 is 12.0. The van der Waals surface area contributed by atoms with E-state index in [4.69, 9.17) is 23.2 Å². The zero-order valence-corrected chi connectivity index (χ0v) is 14.6. The zero-order chi connectivity index (χ0) is 17.8. The third-order valence-electron chi connectivity index (χ3n) is 3.53. The number of nitrogens with one attached hydrogen (secondary N) is 1. The van der Waals surface area contributed by atoms with Crippen molar-refractivity contribution in [1.82, 2.24) is 9.78 Å². The van der Waals surface area contributed by atoms with Gasteiger partial charge >= 0.3 is 0 Å². The van der Waals surface area contributed by atoms with Crippen molar-refractivity contribution in [2.24, 2.45) is 0 Å². The molecule has 1 amide bonds. The third-order valence-corrected chi connectivity index (χ3v) is 4.12. The van der Waals surface area contributed by atoms with Crippen LogP contribution in [0.3, 0.4) is 0 Å². The summed E-state index contributed by atoms with van der Waals surface area (Å²) in [5.74, 6) is -0.109. The summed E-state index contributed by atoms with van der Waals surface area (Å²) in [7, 11) is 0. The van der Waals surface area contributed by atoms with Crippen LogP contribution in [-0.4, -0.2) is 15.7 Å². The van der Waals surface area contributed by atoms with Crippen LogP contribution in [0.25, 0.3) is 0 Å². The van der Waals surface area contributed by atoms with E-state index in [1.807, 2.05) is 6.07 Å². The van der Waals surface area contributed by atoms with E-state index in [0.29, 0.717) is 22.4 Å². The van der Waals surface area contributed by atoms with Gasteiger partial charge < -0.3 is 5.32 Å². The van der Waals surface area contributed by atoms with Crippen LogP contribution in [0.4, 0.5) is 10.2 Å². The van der Waals surface area contributed by atoms with Gasteiger partial charge in [-0.2, -0.15) is 5.10 Å². The highest BCUT2D eigenvalue weighted by molar-refractivity contribution is 6.35. The van der Waals surface area contributed by atoms with Crippen LogP contribution >= 0.6 is 23.2 Å². The molecule has 0 unspecified atom stereocenters. The molecule has 3 aromatic rings. The zero-order valence-electron chi connectivity index (χ0n) is 13.0. The number of benzene rings is 2. The fourth-order valence-electron chi connectivity index (χ4n) is 2.32. The van der Waals surface area contributed by atoms with Crippen molar-refractivity contribution < 1.29 is 9.18 Å². The molecule has 1 heterocycles. The number of carbonyl (C=O) groups is 1. The van der Waals surface area contributed by atoms with Crippen molar-refractivity contribution in [3.63, 3.8) is 0 Å². The van der Waals surface area contributed by atoms with Gasteiger partial charge in [-0.3, -0.25) is 9.48 Å². The summed E-state index contributed by atoms with van der Waals surface area (Å²) < 4.78 is 14.5. The fourth-order valence-corrected chi connectivity index (χ4v) is 2.78. The predicted octanol–water partition coefficient (Wildman–Crippen LogP) is 4.56. The molecule has 1 N–H and O–H groups in total. The molecule has 0 aliphatic rings. The van der Waals surface area contributed by atoms with Crippen molar-refractivity contribution in [3.8, 4) is 0 Å². The average Bonchev–Trinajstić information content (AvgIpc) is 2.99. The molecule has 0 saturated carbocycles. The molecule has 0 saturated heterocycles. The fraction of sp³-hybridized carbons (Fsp3) is 0.111. The van der Waals surface area contributed by atoms with Crippen LogP contribution in [0.5, 0.6) is 0 Å². The van der Waals surface area contributed by atoms with Gasteiger partial charge in [0.2, 0.25) is 5.91 Å². The third kappa shape index (κ3) is 4.81. The molecular weight excluding hydrogens is 364 g/mol. The maximum atomic E-state index is 12.9. The Labute approximate surface area is 154 Å². The lowest BCUT2D eigenvalue weighted by atomic mass is 10.1. The van der Waals surface area contributed by atoms with Crippen molar-refractivity contribution in [2.45, 2.75) is 13.0 Å². The molecule has 4 nitrogen and oxygen atoms in total. The highest BCUT2D eigenvalue weighted by atomic mass is 35.5. The van der Waals surface area contributed by atoms with Crippen LogP contribution in [0.1, 0.15) is 11.1 Å². The van der Waals surface area contributed by atoms with E-state index < -0.39 is 0 Å².